The van der Waals surface area contributed by atoms with Gasteiger partial charge in [-0.15, -0.1) is 0 Å². The van der Waals surface area contributed by atoms with Crippen LogP contribution in [0.4, 0.5) is 9.18 Å². The number of aliphatic carboxylic acids is 1. The molecule has 0 radical (unpaired) electrons. The maximum absolute atomic E-state index is 12.9. The number of halogens is 1. The van der Waals surface area contributed by atoms with Gasteiger partial charge in [0.1, 0.15) is 5.82 Å². The van der Waals surface area contributed by atoms with Gasteiger partial charge in [0.25, 0.3) is 0 Å². The SMILES string of the molecule is CC(NC(=O)N1CCC[C@@H](C(=O)O)C1)c1ccc(F)cc1. The van der Waals surface area contributed by atoms with Crippen LogP contribution in [-0.4, -0.2) is 35.1 Å². The number of hydrogen-bond acceptors (Lipinski definition) is 2. The largest absolute Gasteiger partial charge is 0.481 e. The van der Waals surface area contributed by atoms with Gasteiger partial charge in [0.05, 0.1) is 12.0 Å². The third-order valence-corrected chi connectivity index (χ3v) is 3.77. The summed E-state index contributed by atoms with van der Waals surface area (Å²) < 4.78 is 12.9. The van der Waals surface area contributed by atoms with Crippen LogP contribution >= 0.6 is 0 Å². The second-order valence-corrected chi connectivity index (χ2v) is 5.35. The van der Waals surface area contributed by atoms with E-state index in [0.29, 0.717) is 19.4 Å². The Kier molecular flexibility index (Phi) is 4.77. The lowest BCUT2D eigenvalue weighted by atomic mass is 9.98. The fourth-order valence-corrected chi connectivity index (χ4v) is 2.47. The third-order valence-electron chi connectivity index (χ3n) is 3.77. The van der Waals surface area contributed by atoms with Crippen LogP contribution in [0.25, 0.3) is 0 Å². The van der Waals surface area contributed by atoms with Gasteiger partial charge in [0.15, 0.2) is 0 Å². The summed E-state index contributed by atoms with van der Waals surface area (Å²) in [5.74, 6) is -1.68. The van der Waals surface area contributed by atoms with Crippen molar-refractivity contribution in [3.05, 3.63) is 35.6 Å². The monoisotopic (exact) mass is 294 g/mol. The van der Waals surface area contributed by atoms with E-state index in [0.717, 1.165) is 5.56 Å². The molecule has 2 rings (SSSR count). The fourth-order valence-electron chi connectivity index (χ4n) is 2.47. The Balaban J connectivity index is 1.94. The van der Waals surface area contributed by atoms with Crippen LogP contribution < -0.4 is 5.32 Å². The number of urea groups is 1. The van der Waals surface area contributed by atoms with E-state index in [1.54, 1.807) is 12.1 Å². The second-order valence-electron chi connectivity index (χ2n) is 5.35. The average molecular weight is 294 g/mol. The molecule has 1 aliphatic heterocycles. The minimum Gasteiger partial charge on any atom is -0.481 e. The van der Waals surface area contributed by atoms with E-state index in [2.05, 4.69) is 5.32 Å². The topological polar surface area (TPSA) is 69.6 Å². The van der Waals surface area contributed by atoms with Gasteiger partial charge in [-0.25, -0.2) is 9.18 Å². The van der Waals surface area contributed by atoms with E-state index in [-0.39, 0.29) is 24.4 Å². The number of carbonyl (C=O) groups excluding carboxylic acids is 1. The minimum atomic E-state index is -0.862. The molecule has 6 heteroatoms. The average Bonchev–Trinajstić information content (AvgIpc) is 2.48. The number of benzene rings is 1. The molecule has 0 bridgehead atoms. The molecule has 1 saturated heterocycles. The van der Waals surface area contributed by atoms with Crippen molar-refractivity contribution in [1.29, 1.82) is 0 Å². The van der Waals surface area contributed by atoms with Gasteiger partial charge in [0, 0.05) is 13.1 Å². The summed E-state index contributed by atoms with van der Waals surface area (Å²) in [4.78, 5) is 24.7. The summed E-state index contributed by atoms with van der Waals surface area (Å²) >= 11 is 0. The third kappa shape index (κ3) is 3.93. The number of carboxylic acid groups (broad SMARTS) is 1. The Labute approximate surface area is 122 Å². The molecule has 0 aliphatic carbocycles. The minimum absolute atomic E-state index is 0.233. The molecule has 1 heterocycles. The second kappa shape index (κ2) is 6.56. The smallest absolute Gasteiger partial charge is 0.317 e. The van der Waals surface area contributed by atoms with Gasteiger partial charge in [-0.2, -0.15) is 0 Å². The van der Waals surface area contributed by atoms with Crippen molar-refractivity contribution in [2.24, 2.45) is 5.92 Å². The molecule has 5 nitrogen and oxygen atoms in total. The zero-order chi connectivity index (χ0) is 15.4. The summed E-state index contributed by atoms with van der Waals surface area (Å²) in [5.41, 5.74) is 0.802. The fraction of sp³-hybridized carbons (Fsp3) is 0.467. The number of likely N-dealkylation sites (tertiary alicyclic amines) is 1. The number of nitrogens with zero attached hydrogens (tertiary/aromatic N) is 1. The molecule has 2 atom stereocenters. The van der Waals surface area contributed by atoms with Crippen molar-refractivity contribution in [2.75, 3.05) is 13.1 Å². The molecule has 1 aromatic carbocycles. The zero-order valence-corrected chi connectivity index (χ0v) is 11.9. The Bertz CT molecular complexity index is 518. The predicted octanol–water partition coefficient (Wildman–Crippen LogP) is 2.39. The first kappa shape index (κ1) is 15.3. The van der Waals surface area contributed by atoms with E-state index in [9.17, 15) is 14.0 Å². The van der Waals surface area contributed by atoms with Crippen LogP contribution in [0.2, 0.25) is 0 Å². The van der Waals surface area contributed by atoms with E-state index in [1.165, 1.54) is 17.0 Å². The van der Waals surface area contributed by atoms with Crippen molar-refractivity contribution in [2.45, 2.75) is 25.8 Å². The Hall–Kier alpha value is -2.11. The highest BCUT2D eigenvalue weighted by Gasteiger charge is 2.28. The highest BCUT2D eigenvalue weighted by atomic mass is 19.1. The Morgan fingerprint density at radius 2 is 2.05 bits per heavy atom. The summed E-state index contributed by atoms with van der Waals surface area (Å²) in [6, 6.07) is 5.40. The number of carbonyl (C=O) groups is 2. The summed E-state index contributed by atoms with van der Waals surface area (Å²) in [6.07, 6.45) is 1.29. The van der Waals surface area contributed by atoms with Gasteiger partial charge >= 0.3 is 12.0 Å². The van der Waals surface area contributed by atoms with Gasteiger partial charge < -0.3 is 15.3 Å². The van der Waals surface area contributed by atoms with Crippen molar-refractivity contribution < 1.29 is 19.1 Å². The van der Waals surface area contributed by atoms with E-state index in [4.69, 9.17) is 5.11 Å². The molecule has 0 aromatic heterocycles. The molecule has 0 saturated carbocycles. The summed E-state index contributed by atoms with van der Waals surface area (Å²) in [6.45, 7) is 2.60. The van der Waals surface area contributed by atoms with Crippen LogP contribution in [0.15, 0.2) is 24.3 Å². The Morgan fingerprint density at radius 3 is 2.67 bits per heavy atom. The van der Waals surface area contributed by atoms with Crippen molar-refractivity contribution in [3.8, 4) is 0 Å². The molecule has 2 amide bonds. The molecular formula is C15H19FN2O3. The van der Waals surface area contributed by atoms with Crippen LogP contribution in [0, 0.1) is 11.7 Å². The highest BCUT2D eigenvalue weighted by molar-refractivity contribution is 5.76. The Morgan fingerprint density at radius 1 is 1.38 bits per heavy atom. The van der Waals surface area contributed by atoms with Crippen LogP contribution in [0.5, 0.6) is 0 Å². The summed E-state index contributed by atoms with van der Waals surface area (Å²) in [7, 11) is 0. The van der Waals surface area contributed by atoms with Gasteiger partial charge in [-0.3, -0.25) is 4.79 Å². The molecule has 1 aliphatic rings. The lowest BCUT2D eigenvalue weighted by Crippen LogP contribution is -2.47. The quantitative estimate of drug-likeness (QED) is 0.899. The maximum atomic E-state index is 12.9. The van der Waals surface area contributed by atoms with E-state index >= 15 is 0 Å². The van der Waals surface area contributed by atoms with E-state index in [1.807, 2.05) is 6.92 Å². The number of carboxylic acids is 1. The summed E-state index contributed by atoms with van der Waals surface area (Å²) in [5, 5.41) is 11.8. The van der Waals surface area contributed by atoms with Crippen LogP contribution in [0.1, 0.15) is 31.4 Å². The number of rotatable bonds is 3. The first-order chi connectivity index (χ1) is 9.97. The molecule has 0 spiro atoms. The van der Waals surface area contributed by atoms with Crippen molar-refractivity contribution >= 4 is 12.0 Å². The molecule has 1 fully saturated rings. The zero-order valence-electron chi connectivity index (χ0n) is 11.9. The molecule has 2 N–H and O–H groups in total. The normalized spacial score (nSPS) is 19.9. The van der Waals surface area contributed by atoms with E-state index < -0.39 is 11.9 Å². The number of nitrogens with one attached hydrogen (secondary N) is 1. The van der Waals surface area contributed by atoms with Gasteiger partial charge in [0.2, 0.25) is 0 Å². The van der Waals surface area contributed by atoms with Crippen molar-refractivity contribution in [1.82, 2.24) is 10.2 Å². The lowest BCUT2D eigenvalue weighted by molar-refractivity contribution is -0.143. The van der Waals surface area contributed by atoms with Crippen LogP contribution in [0.3, 0.4) is 0 Å². The number of hydrogen-bond donors (Lipinski definition) is 2. The number of piperidine rings is 1. The molecular weight excluding hydrogens is 275 g/mol. The lowest BCUT2D eigenvalue weighted by Gasteiger charge is -2.31. The van der Waals surface area contributed by atoms with Gasteiger partial charge in [-0.1, -0.05) is 12.1 Å². The molecule has 114 valence electrons. The standard InChI is InChI=1S/C15H19FN2O3/c1-10(11-4-6-13(16)7-5-11)17-15(21)18-8-2-3-12(9-18)14(19)20/h4-7,10,12H,2-3,8-9H2,1H3,(H,17,21)(H,19,20)/t10?,12-/m1/s1. The number of amides is 2. The molecule has 1 aromatic rings. The first-order valence-electron chi connectivity index (χ1n) is 7.01. The molecule has 1 unspecified atom stereocenters. The molecule has 21 heavy (non-hydrogen) atoms. The highest BCUT2D eigenvalue weighted by Crippen LogP contribution is 2.18. The van der Waals surface area contributed by atoms with Crippen LogP contribution in [-0.2, 0) is 4.79 Å². The maximum Gasteiger partial charge on any atom is 0.317 e. The van der Waals surface area contributed by atoms with Gasteiger partial charge in [-0.05, 0) is 37.5 Å². The first-order valence-corrected chi connectivity index (χ1v) is 7.01. The van der Waals surface area contributed by atoms with Crippen molar-refractivity contribution in [3.63, 3.8) is 0 Å². The predicted molar refractivity (Wildman–Crippen MR) is 75.3 cm³/mol.